The Labute approximate surface area is 540 Å². The summed E-state index contributed by atoms with van der Waals surface area (Å²) in [5.41, 5.74) is 0. The van der Waals surface area contributed by atoms with Crippen LogP contribution in [0.3, 0.4) is 0 Å². The van der Waals surface area contributed by atoms with Crippen molar-refractivity contribution in [2.45, 2.75) is 338 Å². The Morgan fingerprint density at radius 2 is 0.775 bits per heavy atom. The molecule has 2 heterocycles. The van der Waals surface area contributed by atoms with E-state index >= 15 is 0 Å². The minimum atomic E-state index is -1.79. The van der Waals surface area contributed by atoms with Gasteiger partial charge in [0.05, 0.1) is 32.0 Å². The average molecular weight is 1250 g/mol. The average Bonchev–Trinajstić information content (AvgIpc) is 2.53. The molecule has 9 N–H and O–H groups in total. The third kappa shape index (κ3) is 42.5. The minimum Gasteiger partial charge on any atom is -0.394 e. The summed E-state index contributed by atoms with van der Waals surface area (Å²) in [7, 11) is 0. The number of amides is 1. The van der Waals surface area contributed by atoms with Crippen molar-refractivity contribution < 1.29 is 64.6 Å². The topological polar surface area (TPSA) is 228 Å². The van der Waals surface area contributed by atoms with Crippen LogP contribution in [0.5, 0.6) is 0 Å². The molecule has 2 saturated heterocycles. The van der Waals surface area contributed by atoms with Gasteiger partial charge in [-0.05, 0) is 83.5 Å². The van der Waals surface area contributed by atoms with Crippen LogP contribution >= 0.6 is 0 Å². The van der Waals surface area contributed by atoms with Crippen molar-refractivity contribution in [2.24, 2.45) is 0 Å². The molecule has 1 amide bonds. The monoisotopic (exact) mass is 1250 g/mol. The third-order valence-electron chi connectivity index (χ3n) is 16.8. The molecule has 0 aromatic carbocycles. The summed E-state index contributed by atoms with van der Waals surface area (Å²) >= 11 is 0. The number of unbranched alkanes of at least 4 members (excludes halogenated alkanes) is 26. The zero-order valence-corrected chi connectivity index (χ0v) is 55.6. The zero-order valence-electron chi connectivity index (χ0n) is 55.6. The summed E-state index contributed by atoms with van der Waals surface area (Å²) in [6.07, 6.45) is 66.6. The normalized spacial score (nSPS) is 23.7. The maximum absolute atomic E-state index is 13.3. The number of hydrogen-bond donors (Lipinski definition) is 9. The molecule has 89 heavy (non-hydrogen) atoms. The van der Waals surface area contributed by atoms with Gasteiger partial charge in [-0.25, -0.2) is 0 Å². The van der Waals surface area contributed by atoms with Crippen LogP contribution in [0, 0.1) is 0 Å². The van der Waals surface area contributed by atoms with Crippen molar-refractivity contribution in [1.82, 2.24) is 5.32 Å². The van der Waals surface area contributed by atoms with Gasteiger partial charge in [-0.3, -0.25) is 4.79 Å². The van der Waals surface area contributed by atoms with Crippen LogP contribution in [-0.4, -0.2) is 140 Å². The van der Waals surface area contributed by atoms with Gasteiger partial charge in [-0.1, -0.05) is 284 Å². The second-order valence-corrected chi connectivity index (χ2v) is 24.6. The lowest BCUT2D eigenvalue weighted by molar-refractivity contribution is -0.359. The van der Waals surface area contributed by atoms with Crippen molar-refractivity contribution in [1.29, 1.82) is 0 Å². The molecule has 2 rings (SSSR count). The van der Waals surface area contributed by atoms with Gasteiger partial charge in [0.25, 0.3) is 0 Å². The summed E-state index contributed by atoms with van der Waals surface area (Å²) < 4.78 is 22.9. The predicted molar refractivity (Wildman–Crippen MR) is 364 cm³/mol. The number of aliphatic hydroxyl groups excluding tert-OH is 8. The molecule has 2 aliphatic rings. The Hall–Kier alpha value is -3.35. The van der Waals surface area contributed by atoms with Gasteiger partial charge in [0.15, 0.2) is 12.6 Å². The highest BCUT2D eigenvalue weighted by Gasteiger charge is 2.51. The van der Waals surface area contributed by atoms with E-state index in [1.807, 2.05) is 0 Å². The molecule has 2 fully saturated rings. The summed E-state index contributed by atoms with van der Waals surface area (Å²) in [6.45, 7) is 2.74. The van der Waals surface area contributed by atoms with Crippen LogP contribution in [0.1, 0.15) is 264 Å². The number of aliphatic hydroxyl groups is 8. The fourth-order valence-corrected chi connectivity index (χ4v) is 11.1. The molecular weight excluding hydrogens is 1120 g/mol. The van der Waals surface area contributed by atoms with Crippen LogP contribution in [0.4, 0.5) is 0 Å². The lowest BCUT2D eigenvalue weighted by atomic mass is 9.97. The molecule has 0 aliphatic carbocycles. The van der Waals surface area contributed by atoms with E-state index in [2.05, 4.69) is 129 Å². The van der Waals surface area contributed by atoms with Gasteiger partial charge in [-0.15, -0.1) is 0 Å². The first-order chi connectivity index (χ1) is 43.6. The second-order valence-electron chi connectivity index (χ2n) is 24.6. The molecular formula is C75H129NO13. The van der Waals surface area contributed by atoms with Gasteiger partial charge >= 0.3 is 0 Å². The Kier molecular flexibility index (Phi) is 53.7. The number of ether oxygens (including phenoxy) is 4. The molecule has 12 atom stereocenters. The van der Waals surface area contributed by atoms with Crippen LogP contribution < -0.4 is 5.32 Å². The van der Waals surface area contributed by atoms with Gasteiger partial charge in [0.2, 0.25) is 5.91 Å². The molecule has 2 aliphatic heterocycles. The Bertz CT molecular complexity index is 1910. The summed E-state index contributed by atoms with van der Waals surface area (Å²) in [5, 5.41) is 87.6. The van der Waals surface area contributed by atoms with Crippen LogP contribution in [-0.2, 0) is 23.7 Å². The van der Waals surface area contributed by atoms with Crippen molar-refractivity contribution in [3.8, 4) is 0 Å². The zero-order chi connectivity index (χ0) is 64.5. The fraction of sp³-hybridized carbons (Fsp3) is 0.747. The van der Waals surface area contributed by atoms with E-state index in [9.17, 15) is 45.6 Å². The number of carbonyl (C=O) groups is 1. The van der Waals surface area contributed by atoms with E-state index in [-0.39, 0.29) is 18.9 Å². The maximum atomic E-state index is 13.3. The van der Waals surface area contributed by atoms with Gasteiger partial charge < -0.3 is 65.1 Å². The molecule has 0 radical (unpaired) electrons. The highest BCUT2D eigenvalue weighted by Crippen LogP contribution is 2.30. The van der Waals surface area contributed by atoms with Crippen LogP contribution in [0.15, 0.2) is 109 Å². The Balaban J connectivity index is 1.70. The second kappa shape index (κ2) is 58.5. The SMILES string of the molecule is CC/C=C\C/C=C\C/C=C\C/C=C\C/C=C\C/C=C\C/C=C\C/C=C\C/C=C\CCCCCC(=O)NC(COC1OC(CO)C(OC2OC(CO)C(O)C(O)C2O)C(O)C1O)C(O)CCCCCCCCCCCCCCCCCCCCCCCCCC. The van der Waals surface area contributed by atoms with Crippen molar-refractivity contribution >= 4 is 5.91 Å². The fourth-order valence-electron chi connectivity index (χ4n) is 11.1. The van der Waals surface area contributed by atoms with Crippen LogP contribution in [0.2, 0.25) is 0 Å². The van der Waals surface area contributed by atoms with E-state index in [0.717, 1.165) is 103 Å². The molecule has 14 heteroatoms. The Morgan fingerprint density at radius 1 is 0.416 bits per heavy atom. The van der Waals surface area contributed by atoms with Crippen molar-refractivity contribution in [2.75, 3.05) is 19.8 Å². The first-order valence-electron chi connectivity index (χ1n) is 35.6. The third-order valence-corrected chi connectivity index (χ3v) is 16.8. The van der Waals surface area contributed by atoms with Gasteiger partial charge in [0.1, 0.15) is 48.8 Å². The highest BCUT2D eigenvalue weighted by molar-refractivity contribution is 5.76. The number of nitrogens with one attached hydrogen (secondary N) is 1. The predicted octanol–water partition coefficient (Wildman–Crippen LogP) is 14.7. The maximum Gasteiger partial charge on any atom is 0.220 e. The molecule has 0 spiro atoms. The largest absolute Gasteiger partial charge is 0.394 e. The summed E-state index contributed by atoms with van der Waals surface area (Å²) in [5.74, 6) is -0.240. The molecule has 0 aromatic heterocycles. The number of rotatable bonds is 57. The first-order valence-corrected chi connectivity index (χ1v) is 35.6. The quantitative estimate of drug-likeness (QED) is 0.0204. The number of hydrogen-bond acceptors (Lipinski definition) is 13. The number of allylic oxidation sites excluding steroid dienone is 18. The van der Waals surface area contributed by atoms with Crippen molar-refractivity contribution in [3.05, 3.63) is 109 Å². The van der Waals surface area contributed by atoms with Gasteiger partial charge in [0, 0.05) is 6.42 Å². The minimum absolute atomic E-state index is 0.240. The van der Waals surface area contributed by atoms with Crippen molar-refractivity contribution in [3.63, 3.8) is 0 Å². The molecule has 14 nitrogen and oxygen atoms in total. The summed E-state index contributed by atoms with van der Waals surface area (Å²) in [6, 6.07) is -0.857. The lowest BCUT2D eigenvalue weighted by Gasteiger charge is -2.46. The number of carbonyl (C=O) groups excluding carboxylic acids is 1. The summed E-state index contributed by atoms with van der Waals surface area (Å²) in [4.78, 5) is 13.3. The standard InChI is InChI=1S/C75H129NO13/c1-3-5-7-9-11-13-15-17-19-21-23-25-27-29-30-31-32-33-34-35-37-39-41-43-45-47-49-51-53-55-57-59-67(80)76-63(62-86-74-72(85)70(83)73(66(61-78)88-74)89-75-71(84)69(82)68(81)65(60-77)87-75)64(79)58-56-54-52-50-48-46-44-42-40-38-36-28-26-24-22-20-18-16-14-12-10-8-6-4-2/h5,7,11,13,17,19,23,25,29-30,32-33,35,37,41,43,47,49,63-66,68-75,77-79,81-85H,3-4,6,8-10,12,14-16,18,20-22,24,26-28,31,34,36,38-40,42,44-46,48,50-62H2,1-2H3,(H,76,80)/b7-5-,13-11-,19-17-,25-23-,30-29-,33-32-,37-35-,43-41-,49-47-. The van der Waals surface area contributed by atoms with Gasteiger partial charge in [-0.2, -0.15) is 0 Å². The van der Waals surface area contributed by atoms with E-state index in [4.69, 9.17) is 18.9 Å². The van der Waals surface area contributed by atoms with E-state index in [1.54, 1.807) is 0 Å². The molecule has 0 saturated carbocycles. The molecule has 12 unspecified atom stereocenters. The lowest BCUT2D eigenvalue weighted by Crippen LogP contribution is -2.65. The van der Waals surface area contributed by atoms with Crippen LogP contribution in [0.25, 0.3) is 0 Å². The molecule has 0 bridgehead atoms. The Morgan fingerprint density at radius 3 is 1.18 bits per heavy atom. The van der Waals surface area contributed by atoms with E-state index in [1.165, 1.54) is 128 Å². The van der Waals surface area contributed by atoms with E-state index < -0.39 is 86.8 Å². The molecule has 512 valence electrons. The first kappa shape index (κ1) is 81.7. The smallest absolute Gasteiger partial charge is 0.220 e. The van der Waals surface area contributed by atoms with E-state index in [0.29, 0.717) is 12.8 Å². The highest BCUT2D eigenvalue weighted by atomic mass is 16.7. The molecule has 0 aromatic rings.